The molecule has 0 amide bonds. The monoisotopic (exact) mass is 367 g/mol. The number of aromatic nitrogens is 1. The van der Waals surface area contributed by atoms with Crippen LogP contribution in [0.3, 0.4) is 0 Å². The van der Waals surface area contributed by atoms with Crippen molar-refractivity contribution in [2.24, 2.45) is 0 Å². The number of benzene rings is 2. The number of ether oxygens (including phenoxy) is 1. The Labute approximate surface area is 157 Å². The number of hydrogen-bond acceptors (Lipinski definition) is 3. The van der Waals surface area contributed by atoms with Crippen molar-refractivity contribution in [2.45, 2.75) is 13.1 Å². The van der Waals surface area contributed by atoms with Crippen molar-refractivity contribution in [3.05, 3.63) is 89.9 Å². The van der Waals surface area contributed by atoms with Gasteiger partial charge in [-0.05, 0) is 36.0 Å². The number of hydrogen-bond donors (Lipinski definition) is 2. The molecule has 6 heteroatoms. The van der Waals surface area contributed by atoms with Crippen molar-refractivity contribution in [1.29, 1.82) is 0 Å². The van der Waals surface area contributed by atoms with Crippen LogP contribution < -0.4 is 15.4 Å². The molecule has 0 unspecified atom stereocenters. The van der Waals surface area contributed by atoms with Crippen LogP contribution in [-0.4, -0.2) is 10.1 Å². The molecule has 1 aromatic heterocycles. The molecular formula is C20H18FN3OS. The fourth-order valence-corrected chi connectivity index (χ4v) is 2.45. The Morgan fingerprint density at radius 3 is 2.58 bits per heavy atom. The topological polar surface area (TPSA) is 46.2 Å². The van der Waals surface area contributed by atoms with E-state index in [1.165, 1.54) is 12.1 Å². The number of thiocarbonyl (C=S) groups is 1. The number of pyridine rings is 1. The van der Waals surface area contributed by atoms with Gasteiger partial charge in [0.15, 0.2) is 5.11 Å². The van der Waals surface area contributed by atoms with Crippen LogP contribution in [0.15, 0.2) is 72.9 Å². The van der Waals surface area contributed by atoms with Gasteiger partial charge >= 0.3 is 0 Å². The van der Waals surface area contributed by atoms with Crippen molar-refractivity contribution in [1.82, 2.24) is 15.6 Å². The summed E-state index contributed by atoms with van der Waals surface area (Å²) in [5.74, 6) is 0.454. The normalized spacial score (nSPS) is 10.2. The highest BCUT2D eigenvalue weighted by Gasteiger charge is 2.07. The van der Waals surface area contributed by atoms with Crippen molar-refractivity contribution < 1.29 is 9.13 Å². The van der Waals surface area contributed by atoms with Gasteiger partial charge in [0, 0.05) is 30.9 Å². The van der Waals surface area contributed by atoms with Crippen LogP contribution in [0.25, 0.3) is 0 Å². The Balaban J connectivity index is 1.57. The minimum absolute atomic E-state index is 0.357. The van der Waals surface area contributed by atoms with E-state index >= 15 is 0 Å². The summed E-state index contributed by atoms with van der Waals surface area (Å²) in [6.07, 6.45) is 1.63. The van der Waals surface area contributed by atoms with Crippen LogP contribution in [0.5, 0.6) is 11.6 Å². The summed E-state index contributed by atoms with van der Waals surface area (Å²) in [7, 11) is 0. The smallest absolute Gasteiger partial charge is 0.224 e. The van der Waals surface area contributed by atoms with E-state index in [0.29, 0.717) is 29.8 Å². The van der Waals surface area contributed by atoms with E-state index in [-0.39, 0.29) is 5.82 Å². The lowest BCUT2D eigenvalue weighted by Gasteiger charge is -2.13. The average molecular weight is 367 g/mol. The zero-order valence-corrected chi connectivity index (χ0v) is 14.8. The van der Waals surface area contributed by atoms with Gasteiger partial charge in [-0.25, -0.2) is 9.37 Å². The molecule has 0 fully saturated rings. The van der Waals surface area contributed by atoms with E-state index in [0.717, 1.165) is 11.1 Å². The number of rotatable bonds is 6. The fraction of sp³-hybridized carbons (Fsp3) is 0.100. The van der Waals surface area contributed by atoms with Gasteiger partial charge in [-0.15, -0.1) is 0 Å². The third-order valence-electron chi connectivity index (χ3n) is 3.60. The molecule has 132 valence electrons. The summed E-state index contributed by atoms with van der Waals surface area (Å²) in [4.78, 5) is 4.23. The maximum atomic E-state index is 13.3. The molecule has 2 N–H and O–H groups in total. The molecule has 0 saturated carbocycles. The Hall–Kier alpha value is -2.99. The SMILES string of the molecule is Fc1cccc(Oc2ncccc2CNC(=S)NCc2ccccc2)c1. The largest absolute Gasteiger partial charge is 0.439 e. The van der Waals surface area contributed by atoms with Gasteiger partial charge in [-0.3, -0.25) is 0 Å². The Kier molecular flexibility index (Phi) is 6.11. The van der Waals surface area contributed by atoms with Crippen molar-refractivity contribution in [2.75, 3.05) is 0 Å². The van der Waals surface area contributed by atoms with Gasteiger partial charge in [0.05, 0.1) is 0 Å². The van der Waals surface area contributed by atoms with Gasteiger partial charge in [0.25, 0.3) is 0 Å². The fourth-order valence-electron chi connectivity index (χ4n) is 2.31. The van der Waals surface area contributed by atoms with Gasteiger partial charge < -0.3 is 15.4 Å². The first-order valence-electron chi connectivity index (χ1n) is 8.13. The molecule has 1 heterocycles. The highest BCUT2D eigenvalue weighted by molar-refractivity contribution is 7.80. The zero-order valence-electron chi connectivity index (χ0n) is 14.0. The quantitative estimate of drug-likeness (QED) is 0.640. The van der Waals surface area contributed by atoms with E-state index in [2.05, 4.69) is 15.6 Å². The molecular weight excluding hydrogens is 349 g/mol. The molecule has 0 spiro atoms. The molecule has 2 aromatic carbocycles. The molecule has 0 radical (unpaired) electrons. The maximum absolute atomic E-state index is 13.3. The molecule has 3 aromatic rings. The summed E-state index contributed by atoms with van der Waals surface area (Å²) in [6.45, 7) is 1.09. The first-order chi connectivity index (χ1) is 12.7. The minimum atomic E-state index is -0.357. The molecule has 0 atom stereocenters. The Bertz CT molecular complexity index is 874. The third-order valence-corrected chi connectivity index (χ3v) is 3.88. The molecule has 3 rings (SSSR count). The molecule has 0 aliphatic carbocycles. The van der Waals surface area contributed by atoms with E-state index in [1.807, 2.05) is 42.5 Å². The number of nitrogens with zero attached hydrogens (tertiary/aromatic N) is 1. The Morgan fingerprint density at radius 2 is 1.77 bits per heavy atom. The van der Waals surface area contributed by atoms with Gasteiger partial charge in [0.2, 0.25) is 5.88 Å². The lowest BCUT2D eigenvalue weighted by atomic mass is 10.2. The molecule has 26 heavy (non-hydrogen) atoms. The van der Waals surface area contributed by atoms with Crippen molar-refractivity contribution >= 4 is 17.3 Å². The van der Waals surface area contributed by atoms with E-state index in [4.69, 9.17) is 17.0 Å². The second-order valence-corrected chi connectivity index (χ2v) is 5.96. The molecule has 0 aliphatic heterocycles. The zero-order chi connectivity index (χ0) is 18.2. The number of halogens is 1. The predicted molar refractivity (Wildman–Crippen MR) is 103 cm³/mol. The van der Waals surface area contributed by atoms with Crippen molar-refractivity contribution in [3.63, 3.8) is 0 Å². The summed E-state index contributed by atoms with van der Waals surface area (Å²) in [5.41, 5.74) is 1.97. The van der Waals surface area contributed by atoms with E-state index in [1.54, 1.807) is 18.3 Å². The summed E-state index contributed by atoms with van der Waals surface area (Å²) in [5, 5.41) is 6.82. The van der Waals surface area contributed by atoms with E-state index in [9.17, 15) is 4.39 Å². The summed E-state index contributed by atoms with van der Waals surface area (Å²) in [6, 6.07) is 19.7. The van der Waals surface area contributed by atoms with Crippen LogP contribution in [0.2, 0.25) is 0 Å². The first-order valence-corrected chi connectivity index (χ1v) is 8.54. The molecule has 4 nitrogen and oxygen atoms in total. The summed E-state index contributed by atoms with van der Waals surface area (Å²) < 4.78 is 19.0. The van der Waals surface area contributed by atoms with Crippen molar-refractivity contribution in [3.8, 4) is 11.6 Å². The predicted octanol–water partition coefficient (Wildman–Crippen LogP) is 4.18. The third kappa shape index (κ3) is 5.26. The van der Waals surface area contributed by atoms with Crippen LogP contribution >= 0.6 is 12.2 Å². The maximum Gasteiger partial charge on any atom is 0.224 e. The second kappa shape index (κ2) is 8.92. The van der Waals surface area contributed by atoms with Gasteiger partial charge in [-0.2, -0.15) is 0 Å². The second-order valence-electron chi connectivity index (χ2n) is 5.55. The lowest BCUT2D eigenvalue weighted by molar-refractivity contribution is 0.451. The van der Waals surface area contributed by atoms with Crippen LogP contribution in [0.1, 0.15) is 11.1 Å². The van der Waals surface area contributed by atoms with Gasteiger partial charge in [-0.1, -0.05) is 42.5 Å². The minimum Gasteiger partial charge on any atom is -0.439 e. The van der Waals surface area contributed by atoms with E-state index < -0.39 is 0 Å². The molecule has 0 aliphatic rings. The van der Waals surface area contributed by atoms with Crippen LogP contribution in [0.4, 0.5) is 4.39 Å². The van der Waals surface area contributed by atoms with Crippen LogP contribution in [-0.2, 0) is 13.1 Å². The molecule has 0 saturated heterocycles. The molecule has 0 bridgehead atoms. The Morgan fingerprint density at radius 1 is 0.962 bits per heavy atom. The summed E-state index contributed by atoms with van der Waals surface area (Å²) >= 11 is 5.31. The van der Waals surface area contributed by atoms with Gasteiger partial charge in [0.1, 0.15) is 11.6 Å². The lowest BCUT2D eigenvalue weighted by Crippen LogP contribution is -2.34. The highest BCUT2D eigenvalue weighted by atomic mass is 32.1. The highest BCUT2D eigenvalue weighted by Crippen LogP contribution is 2.23. The average Bonchev–Trinajstić information content (AvgIpc) is 2.66. The standard InChI is InChI=1S/C20H18FN3OS/c21-17-9-4-10-18(12-17)25-19-16(8-5-11-22-19)14-24-20(26)23-13-15-6-2-1-3-7-15/h1-12H,13-14H2,(H2,23,24,26). The number of nitrogens with one attached hydrogen (secondary N) is 2. The van der Waals surface area contributed by atoms with Crippen LogP contribution in [0, 0.1) is 5.82 Å². The first kappa shape index (κ1) is 17.8.